The number of sulfonamides is 1. The van der Waals surface area contributed by atoms with Crippen molar-refractivity contribution in [2.45, 2.75) is 24.2 Å². The molecule has 0 saturated heterocycles. The Kier molecular flexibility index (Phi) is 5.30. The van der Waals surface area contributed by atoms with Crippen LogP contribution in [0, 0.1) is 11.3 Å². The van der Waals surface area contributed by atoms with E-state index in [2.05, 4.69) is 4.98 Å². The van der Waals surface area contributed by atoms with Gasteiger partial charge in [-0.05, 0) is 54.3 Å². The van der Waals surface area contributed by atoms with Gasteiger partial charge in [0.2, 0.25) is 0 Å². The minimum atomic E-state index is -3.93. The predicted molar refractivity (Wildman–Crippen MR) is 129 cm³/mol. The lowest BCUT2D eigenvalue weighted by atomic mass is 10.0. The number of aromatic nitrogens is 2. The van der Waals surface area contributed by atoms with Crippen molar-refractivity contribution >= 4 is 26.6 Å². The fourth-order valence-electron chi connectivity index (χ4n) is 4.46. The quantitative estimate of drug-likeness (QED) is 0.490. The molecule has 0 amide bonds. The maximum atomic E-state index is 13.6. The van der Waals surface area contributed by atoms with Gasteiger partial charge in [0.15, 0.2) is 0 Å². The zero-order valence-electron chi connectivity index (χ0n) is 18.1. The van der Waals surface area contributed by atoms with E-state index >= 15 is 0 Å². The molecule has 0 atom stereocenters. The van der Waals surface area contributed by atoms with E-state index in [0.29, 0.717) is 29.7 Å². The topological polar surface area (TPSA) is 116 Å². The van der Waals surface area contributed by atoms with Crippen molar-refractivity contribution in [2.75, 3.05) is 10.8 Å². The van der Waals surface area contributed by atoms with Crippen molar-refractivity contribution in [2.24, 2.45) is 0 Å². The van der Waals surface area contributed by atoms with Crippen LogP contribution in [0.1, 0.15) is 17.5 Å². The third kappa shape index (κ3) is 3.49. The molecule has 34 heavy (non-hydrogen) atoms. The van der Waals surface area contributed by atoms with Gasteiger partial charge in [-0.3, -0.25) is 9.10 Å². The lowest BCUT2D eigenvalue weighted by molar-refractivity contribution is 0.586. The summed E-state index contributed by atoms with van der Waals surface area (Å²) in [5.41, 5.74) is 1.25. The first-order valence-electron chi connectivity index (χ1n) is 10.8. The molecule has 1 aliphatic heterocycles. The maximum absolute atomic E-state index is 13.6. The molecule has 1 N–H and O–H groups in total. The van der Waals surface area contributed by atoms with Gasteiger partial charge in [-0.15, -0.1) is 0 Å². The lowest BCUT2D eigenvalue weighted by Crippen LogP contribution is -2.36. The average molecular weight is 473 g/mol. The number of aromatic amines is 1. The molecule has 170 valence electrons. The van der Waals surface area contributed by atoms with Crippen LogP contribution in [0.25, 0.3) is 16.6 Å². The monoisotopic (exact) mass is 472 g/mol. The van der Waals surface area contributed by atoms with E-state index < -0.39 is 21.3 Å². The van der Waals surface area contributed by atoms with E-state index in [-0.39, 0.29) is 22.4 Å². The van der Waals surface area contributed by atoms with E-state index in [4.69, 9.17) is 5.26 Å². The Hall–Kier alpha value is -4.16. The molecule has 3 aromatic carbocycles. The fraction of sp³-hybridized carbons (Fsp3) is 0.160. The summed E-state index contributed by atoms with van der Waals surface area (Å²) in [6, 6.07) is 20.1. The van der Waals surface area contributed by atoms with Crippen LogP contribution >= 0.6 is 0 Å². The van der Waals surface area contributed by atoms with Crippen molar-refractivity contribution in [3.63, 3.8) is 0 Å². The largest absolute Gasteiger partial charge is 0.333 e. The van der Waals surface area contributed by atoms with Gasteiger partial charge >= 0.3 is 5.69 Å². The highest BCUT2D eigenvalue weighted by Crippen LogP contribution is 2.32. The summed E-state index contributed by atoms with van der Waals surface area (Å²) >= 11 is 0. The van der Waals surface area contributed by atoms with E-state index in [1.807, 2.05) is 18.2 Å². The minimum Gasteiger partial charge on any atom is -0.306 e. The smallest absolute Gasteiger partial charge is 0.306 e. The third-order valence-corrected chi connectivity index (χ3v) is 7.82. The Morgan fingerprint density at radius 1 is 1.00 bits per heavy atom. The van der Waals surface area contributed by atoms with Gasteiger partial charge in [-0.1, -0.05) is 36.4 Å². The van der Waals surface area contributed by atoms with Gasteiger partial charge in [0.25, 0.3) is 15.6 Å². The molecular formula is C25H20N4O4S. The van der Waals surface area contributed by atoms with E-state index in [0.717, 1.165) is 16.6 Å². The summed E-state index contributed by atoms with van der Waals surface area (Å²) in [5, 5.41) is 9.35. The molecule has 0 bridgehead atoms. The second kappa shape index (κ2) is 8.32. The van der Waals surface area contributed by atoms with Crippen LogP contribution in [0.2, 0.25) is 0 Å². The van der Waals surface area contributed by atoms with Crippen molar-refractivity contribution in [1.82, 2.24) is 9.55 Å². The van der Waals surface area contributed by atoms with Gasteiger partial charge < -0.3 is 4.98 Å². The molecule has 0 fully saturated rings. The fourth-order valence-corrected chi connectivity index (χ4v) is 6.04. The van der Waals surface area contributed by atoms with Crippen molar-refractivity contribution < 1.29 is 8.42 Å². The highest BCUT2D eigenvalue weighted by atomic mass is 32.2. The highest BCUT2D eigenvalue weighted by Gasteiger charge is 2.29. The SMILES string of the molecule is N#CCc1cccc2[nH]c(=O)n(-c3cccc(S(=O)(=O)N4CCCc5ccccc54)c3)c(=O)c12. The number of H-pyrrole nitrogens is 1. The van der Waals surface area contributed by atoms with Crippen molar-refractivity contribution in [3.05, 3.63) is 98.7 Å². The number of nitrogens with one attached hydrogen (secondary N) is 1. The van der Waals surface area contributed by atoms with Crippen LogP contribution in [0.4, 0.5) is 5.69 Å². The molecule has 2 heterocycles. The van der Waals surface area contributed by atoms with Gasteiger partial charge in [0.1, 0.15) is 0 Å². The number of hydrogen-bond acceptors (Lipinski definition) is 5. The Balaban J connectivity index is 1.67. The zero-order chi connectivity index (χ0) is 23.9. The van der Waals surface area contributed by atoms with Crippen LogP contribution in [0.3, 0.4) is 0 Å². The van der Waals surface area contributed by atoms with E-state index in [1.54, 1.807) is 30.3 Å². The standard InChI is InChI=1S/C25H20N4O4S/c26-14-13-18-7-3-11-21-23(18)24(30)29(25(31)27-21)19-9-4-10-20(16-19)34(32,33)28-15-5-8-17-6-1-2-12-22(17)28/h1-4,6-7,9-12,16H,5,8,13,15H2,(H,27,31). The highest BCUT2D eigenvalue weighted by molar-refractivity contribution is 7.92. The summed E-state index contributed by atoms with van der Waals surface area (Å²) in [6.45, 7) is 0.345. The molecule has 1 aliphatic rings. The normalized spacial score (nSPS) is 13.4. The summed E-state index contributed by atoms with van der Waals surface area (Å²) < 4.78 is 29.4. The van der Waals surface area contributed by atoms with Crippen LogP contribution < -0.4 is 15.6 Å². The molecular weight excluding hydrogens is 452 g/mol. The van der Waals surface area contributed by atoms with Gasteiger partial charge in [0.05, 0.1) is 39.7 Å². The molecule has 0 aliphatic carbocycles. The van der Waals surface area contributed by atoms with Gasteiger partial charge in [-0.2, -0.15) is 5.26 Å². The van der Waals surface area contributed by atoms with Crippen LogP contribution in [0.5, 0.6) is 0 Å². The first-order chi connectivity index (χ1) is 16.4. The number of para-hydroxylation sites is 1. The first kappa shape index (κ1) is 21.7. The second-order valence-corrected chi connectivity index (χ2v) is 9.91. The Labute approximate surface area is 195 Å². The Morgan fingerprint density at radius 3 is 2.62 bits per heavy atom. The Bertz CT molecular complexity index is 1700. The molecule has 1 aromatic heterocycles. The minimum absolute atomic E-state index is 0.00140. The molecule has 9 heteroatoms. The molecule has 0 spiro atoms. The van der Waals surface area contributed by atoms with Gasteiger partial charge in [-0.25, -0.2) is 17.8 Å². The third-order valence-electron chi connectivity index (χ3n) is 6.01. The first-order valence-corrected chi connectivity index (χ1v) is 12.2. The van der Waals surface area contributed by atoms with Crippen molar-refractivity contribution in [1.29, 1.82) is 5.26 Å². The summed E-state index contributed by atoms with van der Waals surface area (Å²) in [6.07, 6.45) is 1.50. The number of nitrogens with zero attached hydrogens (tertiary/aromatic N) is 3. The molecule has 0 radical (unpaired) electrons. The molecule has 8 nitrogen and oxygen atoms in total. The number of rotatable bonds is 4. The Morgan fingerprint density at radius 2 is 1.79 bits per heavy atom. The lowest BCUT2D eigenvalue weighted by Gasteiger charge is -2.30. The number of nitriles is 1. The molecule has 4 aromatic rings. The van der Waals surface area contributed by atoms with Crippen molar-refractivity contribution in [3.8, 4) is 11.8 Å². The number of hydrogen-bond donors (Lipinski definition) is 1. The number of aryl methyl sites for hydroxylation is 1. The summed E-state index contributed by atoms with van der Waals surface area (Å²) in [7, 11) is -3.93. The van der Waals surface area contributed by atoms with E-state index in [9.17, 15) is 18.0 Å². The van der Waals surface area contributed by atoms with Crippen LogP contribution in [0.15, 0.2) is 81.2 Å². The number of benzene rings is 3. The number of fused-ring (bicyclic) bond motifs is 2. The van der Waals surface area contributed by atoms with Gasteiger partial charge in [0, 0.05) is 6.54 Å². The predicted octanol–water partition coefficient (Wildman–Crippen LogP) is 2.89. The summed E-state index contributed by atoms with van der Waals surface area (Å²) in [4.78, 5) is 28.8. The zero-order valence-corrected chi connectivity index (χ0v) is 18.9. The second-order valence-electron chi connectivity index (χ2n) is 8.05. The summed E-state index contributed by atoms with van der Waals surface area (Å²) in [5.74, 6) is 0. The number of anilines is 1. The molecule has 0 unspecified atom stereocenters. The molecule has 5 rings (SSSR count). The van der Waals surface area contributed by atoms with E-state index in [1.165, 1.54) is 28.6 Å². The molecule has 0 saturated carbocycles. The van der Waals surface area contributed by atoms with Crippen LogP contribution in [-0.2, 0) is 22.9 Å². The van der Waals surface area contributed by atoms with Crippen LogP contribution in [-0.4, -0.2) is 24.5 Å². The average Bonchev–Trinajstić information content (AvgIpc) is 2.84. The maximum Gasteiger partial charge on any atom is 0.333 e.